The minimum atomic E-state index is -0.358. The maximum atomic E-state index is 12.9. The van der Waals surface area contributed by atoms with Crippen LogP contribution in [0.1, 0.15) is 53.9 Å². The second kappa shape index (κ2) is 11.8. The van der Waals surface area contributed by atoms with Crippen molar-refractivity contribution in [3.63, 3.8) is 0 Å². The first-order chi connectivity index (χ1) is 17.9. The lowest BCUT2D eigenvalue weighted by Crippen LogP contribution is -2.20. The molecule has 3 aromatic carbocycles. The molecular weight excluding hydrogens is 464 g/mol. The second-order valence-electron chi connectivity index (χ2n) is 9.36. The van der Waals surface area contributed by atoms with Crippen LogP contribution < -0.4 is 10.1 Å². The van der Waals surface area contributed by atoms with Crippen molar-refractivity contribution in [2.45, 2.75) is 46.6 Å². The molecule has 0 saturated carbocycles. The fourth-order valence-electron chi connectivity index (χ4n) is 4.48. The number of carbonyl (C=O) groups is 2. The Kier molecular flexibility index (Phi) is 8.29. The monoisotopic (exact) mass is 498 g/mol. The fourth-order valence-corrected chi connectivity index (χ4v) is 4.48. The van der Waals surface area contributed by atoms with Crippen molar-refractivity contribution in [1.29, 1.82) is 0 Å². The van der Waals surface area contributed by atoms with Gasteiger partial charge >= 0.3 is 5.97 Å². The van der Waals surface area contributed by atoms with E-state index in [1.54, 1.807) is 6.92 Å². The van der Waals surface area contributed by atoms with Crippen LogP contribution in [0.25, 0.3) is 10.9 Å². The highest BCUT2D eigenvalue weighted by atomic mass is 16.5. The second-order valence-corrected chi connectivity index (χ2v) is 9.36. The molecule has 37 heavy (non-hydrogen) atoms. The molecule has 192 valence electrons. The SMILES string of the molecule is CCOC(=O)c1c(C)n(CCc2ccccc2)c2ccc(OCC(=O)Nc3ccc(C(C)C)cc3)cc12. The zero-order valence-corrected chi connectivity index (χ0v) is 21.9. The van der Waals surface area contributed by atoms with E-state index in [-0.39, 0.29) is 18.5 Å². The molecule has 1 heterocycles. The summed E-state index contributed by atoms with van der Waals surface area (Å²) in [6.07, 6.45) is 0.838. The number of anilines is 1. The predicted molar refractivity (Wildman–Crippen MR) is 147 cm³/mol. The van der Waals surface area contributed by atoms with Crippen LogP contribution in [0.5, 0.6) is 5.75 Å². The van der Waals surface area contributed by atoms with E-state index in [4.69, 9.17) is 9.47 Å². The maximum Gasteiger partial charge on any atom is 0.340 e. The van der Waals surface area contributed by atoms with Gasteiger partial charge in [0.15, 0.2) is 6.61 Å². The van der Waals surface area contributed by atoms with Gasteiger partial charge in [0.1, 0.15) is 5.75 Å². The highest BCUT2D eigenvalue weighted by Gasteiger charge is 2.21. The number of nitrogens with zero attached hydrogens (tertiary/aromatic N) is 1. The third-order valence-electron chi connectivity index (χ3n) is 6.47. The van der Waals surface area contributed by atoms with Crippen molar-refractivity contribution in [3.8, 4) is 5.75 Å². The Hall–Kier alpha value is -4.06. The van der Waals surface area contributed by atoms with Gasteiger partial charge in [0, 0.05) is 28.8 Å². The number of carbonyl (C=O) groups excluding carboxylic acids is 2. The van der Waals surface area contributed by atoms with Crippen molar-refractivity contribution < 1.29 is 19.1 Å². The van der Waals surface area contributed by atoms with Gasteiger partial charge in [-0.2, -0.15) is 0 Å². The molecule has 6 heteroatoms. The summed E-state index contributed by atoms with van der Waals surface area (Å²) in [6, 6.07) is 23.7. The minimum Gasteiger partial charge on any atom is -0.484 e. The van der Waals surface area contributed by atoms with Crippen molar-refractivity contribution in [1.82, 2.24) is 4.57 Å². The molecule has 0 bridgehead atoms. The maximum absolute atomic E-state index is 12.9. The number of aryl methyl sites for hydroxylation is 2. The summed E-state index contributed by atoms with van der Waals surface area (Å²) in [7, 11) is 0. The Bertz CT molecular complexity index is 1370. The summed E-state index contributed by atoms with van der Waals surface area (Å²) in [6.45, 7) is 8.88. The molecule has 0 atom stereocenters. The zero-order chi connectivity index (χ0) is 26.4. The standard InChI is InChI=1S/C31H34N2O4/c1-5-36-31(35)30-22(4)33(18-17-23-9-7-6-8-10-23)28-16-15-26(19-27(28)30)37-20-29(34)32-25-13-11-24(12-14-25)21(2)3/h6-16,19,21H,5,17-18,20H2,1-4H3,(H,32,34). The largest absolute Gasteiger partial charge is 0.484 e. The van der Waals surface area contributed by atoms with Crippen molar-refractivity contribution >= 4 is 28.5 Å². The van der Waals surface area contributed by atoms with Crippen LogP contribution in [0, 0.1) is 6.92 Å². The highest BCUT2D eigenvalue weighted by Crippen LogP contribution is 2.30. The molecule has 4 aromatic rings. The van der Waals surface area contributed by atoms with E-state index < -0.39 is 0 Å². The lowest BCUT2D eigenvalue weighted by Gasteiger charge is -2.10. The molecule has 0 aliphatic carbocycles. The summed E-state index contributed by atoms with van der Waals surface area (Å²) in [4.78, 5) is 25.4. The van der Waals surface area contributed by atoms with Gasteiger partial charge < -0.3 is 19.4 Å². The lowest BCUT2D eigenvalue weighted by atomic mass is 10.0. The third kappa shape index (κ3) is 6.20. The van der Waals surface area contributed by atoms with Gasteiger partial charge in [-0.05, 0) is 67.6 Å². The Morgan fingerprint density at radius 1 is 0.973 bits per heavy atom. The number of rotatable bonds is 10. The van der Waals surface area contributed by atoms with Crippen LogP contribution in [-0.4, -0.2) is 29.7 Å². The Balaban J connectivity index is 1.52. The molecule has 0 unspecified atom stereocenters. The molecule has 0 radical (unpaired) electrons. The van der Waals surface area contributed by atoms with Gasteiger partial charge in [0.05, 0.1) is 12.2 Å². The number of ether oxygens (including phenoxy) is 2. The van der Waals surface area contributed by atoms with E-state index in [0.29, 0.717) is 23.8 Å². The number of amides is 1. The summed E-state index contributed by atoms with van der Waals surface area (Å²) in [5.41, 5.74) is 5.48. The zero-order valence-electron chi connectivity index (χ0n) is 21.9. The van der Waals surface area contributed by atoms with Gasteiger partial charge in [0.2, 0.25) is 0 Å². The smallest absolute Gasteiger partial charge is 0.340 e. The van der Waals surface area contributed by atoms with Crippen LogP contribution in [0.2, 0.25) is 0 Å². The van der Waals surface area contributed by atoms with Crippen molar-refractivity contribution in [2.75, 3.05) is 18.5 Å². The number of hydrogen-bond donors (Lipinski definition) is 1. The van der Waals surface area contributed by atoms with Gasteiger partial charge in [0.25, 0.3) is 5.91 Å². The van der Waals surface area contributed by atoms with E-state index in [1.807, 2.05) is 67.6 Å². The molecule has 0 saturated heterocycles. The molecule has 4 rings (SSSR count). The summed E-state index contributed by atoms with van der Waals surface area (Å²) < 4.78 is 13.3. The molecule has 0 aliphatic rings. The Morgan fingerprint density at radius 3 is 2.38 bits per heavy atom. The van der Waals surface area contributed by atoms with E-state index in [9.17, 15) is 9.59 Å². The normalized spacial score (nSPS) is 11.1. The van der Waals surface area contributed by atoms with Gasteiger partial charge in [-0.15, -0.1) is 0 Å². The summed E-state index contributed by atoms with van der Waals surface area (Å²) >= 11 is 0. The predicted octanol–water partition coefficient (Wildman–Crippen LogP) is 6.51. The molecule has 1 aromatic heterocycles. The van der Waals surface area contributed by atoms with Crippen LogP contribution in [0.15, 0.2) is 72.8 Å². The first-order valence-corrected chi connectivity index (χ1v) is 12.7. The highest BCUT2D eigenvalue weighted by molar-refractivity contribution is 6.06. The number of hydrogen-bond acceptors (Lipinski definition) is 4. The van der Waals surface area contributed by atoms with Crippen molar-refractivity contribution in [2.24, 2.45) is 0 Å². The van der Waals surface area contributed by atoms with E-state index in [0.717, 1.165) is 35.2 Å². The average Bonchev–Trinajstić information content (AvgIpc) is 3.17. The first kappa shape index (κ1) is 26.0. The molecule has 0 spiro atoms. The van der Waals surface area contributed by atoms with Gasteiger partial charge in [-0.25, -0.2) is 4.79 Å². The number of esters is 1. The van der Waals surface area contributed by atoms with E-state index in [1.165, 1.54) is 11.1 Å². The number of aromatic nitrogens is 1. The summed E-state index contributed by atoms with van der Waals surface area (Å²) in [5, 5.41) is 3.62. The molecule has 6 nitrogen and oxygen atoms in total. The molecule has 0 fully saturated rings. The lowest BCUT2D eigenvalue weighted by molar-refractivity contribution is -0.118. The number of fused-ring (bicyclic) bond motifs is 1. The summed E-state index contributed by atoms with van der Waals surface area (Å²) in [5.74, 6) is 0.339. The van der Waals surface area contributed by atoms with Gasteiger partial charge in [-0.1, -0.05) is 56.3 Å². The van der Waals surface area contributed by atoms with E-state index >= 15 is 0 Å². The Morgan fingerprint density at radius 2 is 1.70 bits per heavy atom. The third-order valence-corrected chi connectivity index (χ3v) is 6.47. The number of nitrogens with one attached hydrogen (secondary N) is 1. The van der Waals surface area contributed by atoms with Gasteiger partial charge in [-0.3, -0.25) is 4.79 Å². The average molecular weight is 499 g/mol. The fraction of sp³-hybridized carbons (Fsp3) is 0.290. The number of benzene rings is 3. The van der Waals surface area contributed by atoms with Crippen molar-refractivity contribution in [3.05, 3.63) is 95.2 Å². The topological polar surface area (TPSA) is 69.6 Å². The first-order valence-electron chi connectivity index (χ1n) is 12.7. The molecular formula is C31H34N2O4. The minimum absolute atomic E-state index is 0.139. The Labute approximate surface area is 218 Å². The van der Waals surface area contributed by atoms with Crippen LogP contribution >= 0.6 is 0 Å². The van der Waals surface area contributed by atoms with Crippen LogP contribution in [0.3, 0.4) is 0 Å². The molecule has 1 amide bonds. The van der Waals surface area contributed by atoms with Crippen LogP contribution in [-0.2, 0) is 22.5 Å². The van der Waals surface area contributed by atoms with E-state index in [2.05, 4.69) is 35.9 Å². The molecule has 1 N–H and O–H groups in total. The van der Waals surface area contributed by atoms with Crippen LogP contribution in [0.4, 0.5) is 5.69 Å². The quantitative estimate of drug-likeness (QED) is 0.253. The molecule has 0 aliphatic heterocycles.